The molecule has 0 saturated heterocycles. The van der Waals surface area contributed by atoms with E-state index in [1.54, 1.807) is 16.7 Å². The highest BCUT2D eigenvalue weighted by molar-refractivity contribution is 7.99. The van der Waals surface area contributed by atoms with Gasteiger partial charge in [-0.05, 0) is 44.2 Å². The molecule has 33 heavy (non-hydrogen) atoms. The van der Waals surface area contributed by atoms with Gasteiger partial charge in [0.15, 0.2) is 0 Å². The monoisotopic (exact) mass is 466 g/mol. The van der Waals surface area contributed by atoms with E-state index in [0.717, 1.165) is 29.7 Å². The maximum absolute atomic E-state index is 13.4. The molecule has 1 aliphatic carbocycles. The van der Waals surface area contributed by atoms with E-state index in [2.05, 4.69) is 55.6 Å². The fourth-order valence-electron chi connectivity index (χ4n) is 4.61. The summed E-state index contributed by atoms with van der Waals surface area (Å²) in [6.07, 6.45) is 6.28. The molecule has 0 bridgehead atoms. The maximum atomic E-state index is 13.4. The summed E-state index contributed by atoms with van der Waals surface area (Å²) in [5.74, 6) is 1.18. The summed E-state index contributed by atoms with van der Waals surface area (Å²) in [6, 6.07) is 16.4. The molecule has 3 rings (SSSR count). The topological polar surface area (TPSA) is 49.4 Å². The van der Waals surface area contributed by atoms with Crippen LogP contribution in [0.2, 0.25) is 0 Å². The van der Waals surface area contributed by atoms with E-state index in [9.17, 15) is 9.59 Å². The number of nitrogens with one attached hydrogen (secondary N) is 1. The summed E-state index contributed by atoms with van der Waals surface area (Å²) in [4.78, 5) is 28.5. The number of carbonyl (C=O) groups excluding carboxylic acids is 2. The molecule has 1 N–H and O–H groups in total. The predicted octanol–water partition coefficient (Wildman–Crippen LogP) is 5.79. The van der Waals surface area contributed by atoms with Crippen LogP contribution >= 0.6 is 11.8 Å². The van der Waals surface area contributed by atoms with E-state index < -0.39 is 6.04 Å². The quantitative estimate of drug-likeness (QED) is 0.482. The SMILES string of the molecule is CC[C@H](C(=O)NC1CCCCC1)N(Cc1cccc(C)c1)C(=O)CSCc1cccc(C)c1. The average molecular weight is 467 g/mol. The van der Waals surface area contributed by atoms with Crippen LogP contribution in [0.25, 0.3) is 0 Å². The second kappa shape index (κ2) is 12.8. The van der Waals surface area contributed by atoms with Gasteiger partial charge in [0.05, 0.1) is 5.75 Å². The van der Waals surface area contributed by atoms with Crippen molar-refractivity contribution in [3.63, 3.8) is 0 Å². The van der Waals surface area contributed by atoms with Crippen molar-refractivity contribution in [2.75, 3.05) is 5.75 Å². The minimum atomic E-state index is -0.445. The highest BCUT2D eigenvalue weighted by atomic mass is 32.2. The van der Waals surface area contributed by atoms with E-state index in [1.807, 2.05) is 19.1 Å². The van der Waals surface area contributed by atoms with E-state index >= 15 is 0 Å². The van der Waals surface area contributed by atoms with Gasteiger partial charge in [0.25, 0.3) is 0 Å². The molecule has 2 aromatic carbocycles. The summed E-state index contributed by atoms with van der Waals surface area (Å²) >= 11 is 1.62. The summed E-state index contributed by atoms with van der Waals surface area (Å²) in [5.41, 5.74) is 4.68. The van der Waals surface area contributed by atoms with Crippen molar-refractivity contribution in [2.45, 2.75) is 83.7 Å². The lowest BCUT2D eigenvalue weighted by molar-refractivity contribution is -0.139. The minimum absolute atomic E-state index is 0.00547. The molecule has 0 aromatic heterocycles. The number of nitrogens with zero attached hydrogens (tertiary/aromatic N) is 1. The molecule has 1 atom stereocenters. The lowest BCUT2D eigenvalue weighted by Crippen LogP contribution is -2.52. The standard InChI is InChI=1S/C28H38N2O2S/c1-4-26(28(32)29-25-14-6-5-7-15-25)30(18-23-12-8-10-21(2)16-23)27(31)20-33-19-24-13-9-11-22(3)17-24/h8-13,16-17,25-26H,4-7,14-15,18-20H2,1-3H3,(H,29,32)/t26-/m1/s1. The van der Waals surface area contributed by atoms with Crippen molar-refractivity contribution in [3.05, 3.63) is 70.8 Å². The number of thioether (sulfide) groups is 1. The van der Waals surface area contributed by atoms with Crippen LogP contribution < -0.4 is 5.32 Å². The number of carbonyl (C=O) groups is 2. The Bertz CT molecular complexity index is 924. The van der Waals surface area contributed by atoms with Crippen molar-refractivity contribution in [1.29, 1.82) is 0 Å². The molecule has 0 unspecified atom stereocenters. The maximum Gasteiger partial charge on any atom is 0.243 e. The molecule has 1 fully saturated rings. The Morgan fingerprint density at radius 2 is 1.64 bits per heavy atom. The van der Waals surface area contributed by atoms with Gasteiger partial charge in [0, 0.05) is 18.3 Å². The molecule has 2 aromatic rings. The first-order valence-corrected chi connectivity index (χ1v) is 13.4. The molecule has 178 valence electrons. The Labute approximate surface area is 203 Å². The summed E-state index contributed by atoms with van der Waals surface area (Å²) in [7, 11) is 0. The van der Waals surface area contributed by atoms with E-state index in [4.69, 9.17) is 0 Å². The van der Waals surface area contributed by atoms with Crippen molar-refractivity contribution in [2.24, 2.45) is 0 Å². The number of aryl methyl sites for hydroxylation is 2. The minimum Gasteiger partial charge on any atom is -0.352 e. The second-order valence-corrected chi connectivity index (χ2v) is 10.2. The molecule has 1 saturated carbocycles. The first-order chi connectivity index (χ1) is 16.0. The van der Waals surface area contributed by atoms with Crippen molar-refractivity contribution in [3.8, 4) is 0 Å². The lowest BCUT2D eigenvalue weighted by atomic mass is 9.95. The summed E-state index contributed by atoms with van der Waals surface area (Å²) in [5, 5.41) is 3.25. The van der Waals surface area contributed by atoms with Gasteiger partial charge in [-0.2, -0.15) is 0 Å². The molecule has 0 heterocycles. The fraction of sp³-hybridized carbons (Fsp3) is 0.500. The largest absolute Gasteiger partial charge is 0.352 e. The van der Waals surface area contributed by atoms with Crippen LogP contribution in [-0.2, 0) is 21.9 Å². The third kappa shape index (κ3) is 7.92. The number of hydrogen-bond donors (Lipinski definition) is 1. The first-order valence-electron chi connectivity index (χ1n) is 12.2. The van der Waals surface area contributed by atoms with Gasteiger partial charge >= 0.3 is 0 Å². The highest BCUT2D eigenvalue weighted by Crippen LogP contribution is 2.21. The van der Waals surface area contributed by atoms with Crippen molar-refractivity contribution >= 4 is 23.6 Å². The van der Waals surface area contributed by atoms with Crippen LogP contribution in [-0.4, -0.2) is 34.6 Å². The number of hydrogen-bond acceptors (Lipinski definition) is 3. The second-order valence-electron chi connectivity index (χ2n) is 9.26. The van der Waals surface area contributed by atoms with Crippen LogP contribution in [0, 0.1) is 13.8 Å². The summed E-state index contributed by atoms with van der Waals surface area (Å²) < 4.78 is 0. The Kier molecular flexibility index (Phi) is 9.86. The molecule has 4 nitrogen and oxygen atoms in total. The normalized spacial score (nSPS) is 15.1. The van der Waals surface area contributed by atoms with Gasteiger partial charge in [-0.15, -0.1) is 11.8 Å². The Morgan fingerprint density at radius 3 is 2.27 bits per heavy atom. The number of amides is 2. The van der Waals surface area contributed by atoms with E-state index in [1.165, 1.54) is 30.4 Å². The fourth-order valence-corrected chi connectivity index (χ4v) is 5.47. The third-order valence-electron chi connectivity index (χ3n) is 6.35. The lowest BCUT2D eigenvalue weighted by Gasteiger charge is -2.33. The average Bonchev–Trinajstić information content (AvgIpc) is 2.79. The van der Waals surface area contributed by atoms with Crippen molar-refractivity contribution < 1.29 is 9.59 Å². The van der Waals surface area contributed by atoms with E-state index in [0.29, 0.717) is 18.7 Å². The van der Waals surface area contributed by atoms with Crippen LogP contribution in [0.4, 0.5) is 0 Å². The van der Waals surface area contributed by atoms with Gasteiger partial charge in [0.2, 0.25) is 11.8 Å². The van der Waals surface area contributed by atoms with Crippen molar-refractivity contribution in [1.82, 2.24) is 10.2 Å². The molecule has 0 aliphatic heterocycles. The van der Waals surface area contributed by atoms with Crippen LogP contribution in [0.15, 0.2) is 48.5 Å². The number of benzene rings is 2. The van der Waals surface area contributed by atoms with Gasteiger partial charge in [-0.3, -0.25) is 9.59 Å². The zero-order valence-electron chi connectivity index (χ0n) is 20.3. The first kappa shape index (κ1) is 25.4. The highest BCUT2D eigenvalue weighted by Gasteiger charge is 2.30. The molecule has 1 aliphatic rings. The Balaban J connectivity index is 1.70. The molecule has 0 radical (unpaired) electrons. The van der Waals surface area contributed by atoms with Crippen LogP contribution in [0.5, 0.6) is 0 Å². The van der Waals surface area contributed by atoms with Gasteiger partial charge in [0.1, 0.15) is 6.04 Å². The third-order valence-corrected chi connectivity index (χ3v) is 7.34. The number of rotatable bonds is 10. The smallest absolute Gasteiger partial charge is 0.243 e. The van der Waals surface area contributed by atoms with Gasteiger partial charge in [-0.1, -0.05) is 85.8 Å². The Hall–Kier alpha value is -2.27. The van der Waals surface area contributed by atoms with Crippen LogP contribution in [0.1, 0.15) is 67.7 Å². The molecule has 2 amide bonds. The summed E-state index contributed by atoms with van der Waals surface area (Å²) in [6.45, 7) is 6.60. The van der Waals surface area contributed by atoms with Gasteiger partial charge in [-0.25, -0.2) is 0 Å². The van der Waals surface area contributed by atoms with Crippen LogP contribution in [0.3, 0.4) is 0 Å². The zero-order valence-corrected chi connectivity index (χ0v) is 21.1. The molecule has 0 spiro atoms. The van der Waals surface area contributed by atoms with E-state index in [-0.39, 0.29) is 17.9 Å². The Morgan fingerprint density at radius 1 is 1.00 bits per heavy atom. The molecule has 5 heteroatoms. The molecular weight excluding hydrogens is 428 g/mol. The predicted molar refractivity (Wildman–Crippen MR) is 138 cm³/mol. The van der Waals surface area contributed by atoms with Gasteiger partial charge < -0.3 is 10.2 Å². The molecular formula is C28H38N2O2S. The zero-order chi connectivity index (χ0) is 23.6.